The molecule has 0 atom stereocenters. The highest BCUT2D eigenvalue weighted by Gasteiger charge is 2.15. The van der Waals surface area contributed by atoms with E-state index in [4.69, 9.17) is 10.5 Å². The van der Waals surface area contributed by atoms with E-state index in [0.29, 0.717) is 23.1 Å². The smallest absolute Gasteiger partial charge is 0.239 e. The van der Waals surface area contributed by atoms with Gasteiger partial charge in [-0.3, -0.25) is 10.7 Å². The van der Waals surface area contributed by atoms with E-state index in [1.807, 2.05) is 39.9 Å². The minimum Gasteiger partial charge on any atom is -0.473 e. The van der Waals surface area contributed by atoms with Crippen LogP contribution in [0.15, 0.2) is 6.07 Å². The Bertz CT molecular complexity index is 437. The zero-order valence-electron chi connectivity index (χ0n) is 12.8. The monoisotopic (exact) mass is 283 g/mol. The van der Waals surface area contributed by atoms with E-state index < -0.39 is 0 Å². The molecule has 0 aliphatic carbocycles. The lowest BCUT2D eigenvalue weighted by atomic mass is 10.3. The Morgan fingerprint density at radius 2 is 2.00 bits per heavy atom. The first-order chi connectivity index (χ1) is 9.35. The van der Waals surface area contributed by atoms with Gasteiger partial charge in [0.25, 0.3) is 0 Å². The van der Waals surface area contributed by atoms with Crippen molar-refractivity contribution in [3.63, 3.8) is 0 Å². The first kappa shape index (κ1) is 16.3. The van der Waals surface area contributed by atoms with Crippen molar-refractivity contribution in [3.8, 4) is 5.88 Å². The molecule has 0 fully saturated rings. The van der Waals surface area contributed by atoms with E-state index in [2.05, 4.69) is 15.4 Å². The van der Waals surface area contributed by atoms with Gasteiger partial charge in [0, 0.05) is 20.1 Å². The maximum atomic E-state index is 9.22. The van der Waals surface area contributed by atoms with Gasteiger partial charge in [0.05, 0.1) is 11.8 Å². The van der Waals surface area contributed by atoms with Gasteiger partial charge < -0.3 is 20.3 Å². The van der Waals surface area contributed by atoms with Crippen LogP contribution in [0.1, 0.15) is 13.8 Å². The molecule has 0 bridgehead atoms. The fourth-order valence-electron chi connectivity index (χ4n) is 1.65. The van der Waals surface area contributed by atoms with Crippen LogP contribution in [0, 0.1) is 0 Å². The van der Waals surface area contributed by atoms with Crippen LogP contribution in [-0.2, 0) is 0 Å². The molecule has 0 unspecified atom stereocenters. The first-order valence-electron chi connectivity index (χ1n) is 6.58. The highest BCUT2D eigenvalue weighted by atomic mass is 16.5. The van der Waals surface area contributed by atoms with Crippen molar-refractivity contribution in [3.05, 3.63) is 6.07 Å². The van der Waals surface area contributed by atoms with Crippen LogP contribution >= 0.6 is 0 Å². The molecule has 20 heavy (non-hydrogen) atoms. The maximum Gasteiger partial charge on any atom is 0.239 e. The second-order valence-electron chi connectivity index (χ2n) is 5.26. The molecule has 1 aromatic rings. The molecule has 0 aromatic carbocycles. The van der Waals surface area contributed by atoms with Crippen molar-refractivity contribution in [2.75, 3.05) is 50.3 Å². The molecule has 1 heterocycles. The van der Waals surface area contributed by atoms with Crippen LogP contribution in [0.4, 0.5) is 17.2 Å². The summed E-state index contributed by atoms with van der Waals surface area (Å²) in [4.78, 5) is 8.41. The highest BCUT2D eigenvalue weighted by molar-refractivity contribution is 5.71. The largest absolute Gasteiger partial charge is 0.473 e. The van der Waals surface area contributed by atoms with Crippen LogP contribution in [0.2, 0.25) is 0 Å². The number of rotatable bonds is 7. The molecule has 1 aromatic heterocycles. The molecule has 0 amide bonds. The third-order valence-electron chi connectivity index (χ3n) is 2.71. The van der Waals surface area contributed by atoms with Crippen LogP contribution in [0.5, 0.6) is 5.88 Å². The zero-order chi connectivity index (χ0) is 15.3. The number of anilines is 3. The van der Waals surface area contributed by atoms with Gasteiger partial charge in [0.1, 0.15) is 5.69 Å². The Morgan fingerprint density at radius 1 is 1.35 bits per heavy atom. The van der Waals surface area contributed by atoms with Crippen molar-refractivity contribution < 1.29 is 9.94 Å². The summed E-state index contributed by atoms with van der Waals surface area (Å²) in [6.45, 7) is 5.46. The van der Waals surface area contributed by atoms with E-state index in [-0.39, 0.29) is 6.10 Å². The second kappa shape index (κ2) is 7.16. The number of ether oxygens (including phenoxy) is 1. The summed E-state index contributed by atoms with van der Waals surface area (Å²) in [5.41, 5.74) is 8.85. The molecule has 0 saturated heterocycles. The van der Waals surface area contributed by atoms with E-state index in [1.54, 1.807) is 6.07 Å². The predicted octanol–water partition coefficient (Wildman–Crippen LogP) is 1.25. The van der Waals surface area contributed by atoms with Gasteiger partial charge in [-0.25, -0.2) is 0 Å². The number of aromatic nitrogens is 1. The SMILES string of the molecule is CC(C)Oc1nc(N(C)CCN(C)C)c(NO)cc1N. The third-order valence-corrected chi connectivity index (χ3v) is 2.71. The van der Waals surface area contributed by atoms with Gasteiger partial charge in [0.15, 0.2) is 5.82 Å². The molecule has 114 valence electrons. The Labute approximate surface area is 120 Å². The summed E-state index contributed by atoms with van der Waals surface area (Å²) in [5.74, 6) is 0.977. The summed E-state index contributed by atoms with van der Waals surface area (Å²) in [6.07, 6.45) is -0.0160. The fourth-order valence-corrected chi connectivity index (χ4v) is 1.65. The van der Waals surface area contributed by atoms with Crippen LogP contribution in [0.25, 0.3) is 0 Å². The molecule has 0 radical (unpaired) electrons. The summed E-state index contributed by atoms with van der Waals surface area (Å²) < 4.78 is 5.58. The normalized spacial score (nSPS) is 11.0. The lowest BCUT2D eigenvalue weighted by molar-refractivity contribution is 0.234. The van der Waals surface area contributed by atoms with Gasteiger partial charge in [-0.05, 0) is 34.0 Å². The Kier molecular flexibility index (Phi) is 5.84. The number of hydrogen-bond acceptors (Lipinski definition) is 7. The third kappa shape index (κ3) is 4.43. The molecule has 1 rings (SSSR count). The number of nitrogens with two attached hydrogens (primary N) is 1. The number of hydrogen-bond donors (Lipinski definition) is 3. The van der Waals surface area contributed by atoms with Gasteiger partial charge >= 0.3 is 0 Å². The van der Waals surface area contributed by atoms with Gasteiger partial charge in [-0.1, -0.05) is 0 Å². The van der Waals surface area contributed by atoms with Crippen LogP contribution in [-0.4, -0.2) is 55.4 Å². The van der Waals surface area contributed by atoms with E-state index in [0.717, 1.165) is 13.1 Å². The van der Waals surface area contributed by atoms with Crippen molar-refractivity contribution in [1.29, 1.82) is 0 Å². The minimum atomic E-state index is -0.0160. The van der Waals surface area contributed by atoms with E-state index >= 15 is 0 Å². The first-order valence-corrected chi connectivity index (χ1v) is 6.58. The van der Waals surface area contributed by atoms with Gasteiger partial charge in [-0.15, -0.1) is 0 Å². The number of likely N-dealkylation sites (N-methyl/N-ethyl adjacent to an activating group) is 2. The summed E-state index contributed by atoms with van der Waals surface area (Å²) in [5, 5.41) is 9.22. The molecule has 0 spiro atoms. The fraction of sp³-hybridized carbons (Fsp3) is 0.615. The molecule has 7 nitrogen and oxygen atoms in total. The van der Waals surface area contributed by atoms with Crippen molar-refractivity contribution >= 4 is 17.2 Å². The molecular weight excluding hydrogens is 258 g/mol. The topological polar surface area (TPSA) is 86.9 Å². The van der Waals surface area contributed by atoms with E-state index in [1.165, 1.54) is 0 Å². The summed E-state index contributed by atoms with van der Waals surface area (Å²) in [7, 11) is 5.91. The zero-order valence-corrected chi connectivity index (χ0v) is 12.8. The average Bonchev–Trinajstić information content (AvgIpc) is 2.37. The minimum absolute atomic E-state index is 0.0160. The summed E-state index contributed by atoms with van der Waals surface area (Å²) >= 11 is 0. The molecule has 0 saturated carbocycles. The second-order valence-corrected chi connectivity index (χ2v) is 5.26. The highest BCUT2D eigenvalue weighted by Crippen LogP contribution is 2.31. The van der Waals surface area contributed by atoms with Crippen molar-refractivity contribution in [2.45, 2.75) is 20.0 Å². The van der Waals surface area contributed by atoms with Crippen molar-refractivity contribution in [2.24, 2.45) is 0 Å². The molecule has 0 aliphatic rings. The standard InChI is InChI=1S/C13H25N5O2/c1-9(2)20-13-10(14)8-11(16-19)12(15-13)18(5)7-6-17(3)4/h8-9,16,19H,6-7,14H2,1-5H3. The lowest BCUT2D eigenvalue weighted by Crippen LogP contribution is -2.29. The number of nitrogens with one attached hydrogen (secondary N) is 1. The van der Waals surface area contributed by atoms with Crippen LogP contribution < -0.4 is 20.9 Å². The lowest BCUT2D eigenvalue weighted by Gasteiger charge is -2.24. The average molecular weight is 283 g/mol. The summed E-state index contributed by atoms with van der Waals surface area (Å²) in [6, 6.07) is 1.62. The Hall–Kier alpha value is -1.73. The van der Waals surface area contributed by atoms with Crippen LogP contribution in [0.3, 0.4) is 0 Å². The van der Waals surface area contributed by atoms with E-state index in [9.17, 15) is 5.21 Å². The van der Waals surface area contributed by atoms with Crippen molar-refractivity contribution in [1.82, 2.24) is 9.88 Å². The van der Waals surface area contributed by atoms with Gasteiger partial charge in [-0.2, -0.15) is 4.98 Å². The molecule has 0 aliphatic heterocycles. The number of nitrogens with zero attached hydrogens (tertiary/aromatic N) is 3. The number of pyridine rings is 1. The molecule has 7 heteroatoms. The molecular formula is C13H25N5O2. The maximum absolute atomic E-state index is 9.22. The Balaban J connectivity index is 3.02. The Morgan fingerprint density at radius 3 is 2.50 bits per heavy atom. The van der Waals surface area contributed by atoms with Gasteiger partial charge in [0.2, 0.25) is 5.88 Å². The number of nitrogen functional groups attached to an aromatic ring is 1. The molecule has 4 N–H and O–H groups in total. The predicted molar refractivity (Wildman–Crippen MR) is 81.6 cm³/mol. The quantitative estimate of drug-likeness (QED) is 0.649.